The third-order valence-electron chi connectivity index (χ3n) is 8.67. The Balaban J connectivity index is 1.21. The molecule has 40 heavy (non-hydrogen) atoms. The summed E-state index contributed by atoms with van der Waals surface area (Å²) in [6.07, 6.45) is 7.00. The molecule has 0 unspecified atom stereocenters. The molecule has 9 heteroatoms. The molecule has 2 aliphatic heterocycles. The van der Waals surface area contributed by atoms with Gasteiger partial charge in [0.1, 0.15) is 11.5 Å². The zero-order valence-corrected chi connectivity index (χ0v) is 22.3. The molecule has 204 valence electrons. The number of carbonyl (C=O) groups excluding carboxylic acids is 1. The van der Waals surface area contributed by atoms with Crippen molar-refractivity contribution in [2.45, 2.75) is 44.6 Å². The molecular formula is C31H30FN5O3. The van der Waals surface area contributed by atoms with Gasteiger partial charge in [-0.25, -0.2) is 9.97 Å². The van der Waals surface area contributed by atoms with Gasteiger partial charge in [0.15, 0.2) is 0 Å². The van der Waals surface area contributed by atoms with E-state index in [0.717, 1.165) is 30.5 Å². The minimum Gasteiger partial charge on any atom is -0.481 e. The molecule has 5 heterocycles. The highest BCUT2D eigenvalue weighted by molar-refractivity contribution is 5.95. The van der Waals surface area contributed by atoms with Crippen molar-refractivity contribution in [3.8, 4) is 11.3 Å². The first-order valence-electron chi connectivity index (χ1n) is 13.9. The van der Waals surface area contributed by atoms with Gasteiger partial charge in [0.25, 0.3) is 5.91 Å². The Hall–Kier alpha value is -4.27. The molecule has 0 spiro atoms. The van der Waals surface area contributed by atoms with Gasteiger partial charge in [0.2, 0.25) is 5.95 Å². The van der Waals surface area contributed by atoms with Crippen molar-refractivity contribution in [2.75, 3.05) is 24.5 Å². The van der Waals surface area contributed by atoms with E-state index in [1.807, 2.05) is 33.7 Å². The summed E-state index contributed by atoms with van der Waals surface area (Å²) in [4.78, 5) is 37.8. The first-order valence-corrected chi connectivity index (χ1v) is 13.9. The summed E-state index contributed by atoms with van der Waals surface area (Å²) in [5, 5.41) is 9.28. The molecule has 7 rings (SSSR count). The Morgan fingerprint density at radius 2 is 1.82 bits per heavy atom. The minimum absolute atomic E-state index is 0.0106. The number of nitrogens with zero attached hydrogens (tertiary/aromatic N) is 5. The second-order valence-electron chi connectivity index (χ2n) is 11.2. The minimum atomic E-state index is -0.840. The van der Waals surface area contributed by atoms with Crippen molar-refractivity contribution in [1.82, 2.24) is 19.3 Å². The quantitative estimate of drug-likeness (QED) is 0.356. The van der Waals surface area contributed by atoms with Crippen molar-refractivity contribution in [3.63, 3.8) is 0 Å². The number of fused-ring (bicyclic) bond motifs is 2. The van der Waals surface area contributed by atoms with Crippen LogP contribution in [0, 0.1) is 11.9 Å². The molecule has 2 fully saturated rings. The maximum absolute atomic E-state index is 15.3. The predicted octanol–water partition coefficient (Wildman–Crippen LogP) is 5.08. The van der Waals surface area contributed by atoms with Crippen LogP contribution in [0.25, 0.3) is 16.9 Å². The number of carboxylic acids is 1. The van der Waals surface area contributed by atoms with Crippen molar-refractivity contribution in [2.24, 2.45) is 5.92 Å². The second-order valence-corrected chi connectivity index (χ2v) is 11.2. The zero-order valence-electron chi connectivity index (χ0n) is 22.3. The van der Waals surface area contributed by atoms with Gasteiger partial charge in [0.05, 0.1) is 28.8 Å². The largest absolute Gasteiger partial charge is 0.481 e. The van der Waals surface area contributed by atoms with Crippen molar-refractivity contribution in [1.29, 1.82) is 0 Å². The standard InChI is InChI=1S/C31H30FN5O3/c1-18-23-5-3-2-4-19(23)11-13-37(18)30(38)22-14-25(20-6-7-20)29-33-26(17-36(29)16-22)24-8-9-27(34-28(24)32)35-12-10-21(15-35)31(39)40/h2-5,8-9,14,16-18,20-21H,6-7,10-13,15H2,1H3,(H,39,40)/t18-,21+/m1/s1. The number of benzene rings is 1. The summed E-state index contributed by atoms with van der Waals surface area (Å²) >= 11 is 0. The van der Waals surface area contributed by atoms with E-state index in [0.29, 0.717) is 49.0 Å². The van der Waals surface area contributed by atoms with Crippen LogP contribution >= 0.6 is 0 Å². The van der Waals surface area contributed by atoms with Crippen molar-refractivity contribution in [3.05, 3.63) is 83.1 Å². The molecule has 2 atom stereocenters. The summed E-state index contributed by atoms with van der Waals surface area (Å²) in [6.45, 7) is 3.59. The average molecular weight is 540 g/mol. The fourth-order valence-corrected chi connectivity index (χ4v) is 6.24. The van der Waals surface area contributed by atoms with E-state index >= 15 is 4.39 Å². The zero-order chi connectivity index (χ0) is 27.5. The summed E-state index contributed by atoms with van der Waals surface area (Å²) in [6, 6.07) is 13.6. The number of amides is 1. The molecule has 0 radical (unpaired) electrons. The lowest BCUT2D eigenvalue weighted by molar-refractivity contribution is -0.140. The number of rotatable bonds is 5. The van der Waals surface area contributed by atoms with E-state index in [1.54, 1.807) is 23.2 Å². The van der Waals surface area contributed by atoms with E-state index in [2.05, 4.69) is 24.0 Å². The van der Waals surface area contributed by atoms with Crippen LogP contribution in [0.1, 0.15) is 65.2 Å². The van der Waals surface area contributed by atoms with Gasteiger partial charge < -0.3 is 19.3 Å². The Bertz CT molecular complexity index is 1660. The molecule has 4 aromatic rings. The molecule has 8 nitrogen and oxygen atoms in total. The second kappa shape index (κ2) is 9.43. The fourth-order valence-electron chi connectivity index (χ4n) is 6.24. The van der Waals surface area contributed by atoms with Gasteiger partial charge >= 0.3 is 5.97 Å². The molecule has 0 bridgehead atoms. The molecule has 3 aromatic heterocycles. The topological polar surface area (TPSA) is 91.0 Å². The molecule has 1 aromatic carbocycles. The van der Waals surface area contributed by atoms with Crippen LogP contribution in [0.3, 0.4) is 0 Å². The van der Waals surface area contributed by atoms with Gasteiger partial charge in [-0.15, -0.1) is 0 Å². The van der Waals surface area contributed by atoms with Crippen molar-refractivity contribution < 1.29 is 19.1 Å². The third kappa shape index (κ3) is 4.20. The van der Waals surface area contributed by atoms with E-state index in [1.165, 1.54) is 11.1 Å². The maximum atomic E-state index is 15.3. The van der Waals surface area contributed by atoms with E-state index < -0.39 is 17.8 Å². The highest BCUT2D eigenvalue weighted by atomic mass is 19.1. The Kier molecular flexibility index (Phi) is 5.83. The monoisotopic (exact) mass is 539 g/mol. The number of aromatic nitrogens is 3. The maximum Gasteiger partial charge on any atom is 0.308 e. The summed E-state index contributed by atoms with van der Waals surface area (Å²) in [5.41, 5.74) is 5.57. The predicted molar refractivity (Wildman–Crippen MR) is 148 cm³/mol. The molecule has 1 saturated carbocycles. The first-order chi connectivity index (χ1) is 19.4. The molecular weight excluding hydrogens is 509 g/mol. The molecule has 1 aliphatic carbocycles. The van der Waals surface area contributed by atoms with Crippen LogP contribution in [-0.2, 0) is 11.2 Å². The fraction of sp³-hybridized carbons (Fsp3) is 0.355. The smallest absolute Gasteiger partial charge is 0.308 e. The normalized spacial score (nSPS) is 20.6. The number of aliphatic carboxylic acids is 1. The van der Waals surface area contributed by atoms with Gasteiger partial charge in [-0.05, 0) is 73.4 Å². The number of hydrogen-bond acceptors (Lipinski definition) is 5. The van der Waals surface area contributed by atoms with Gasteiger partial charge in [-0.1, -0.05) is 24.3 Å². The average Bonchev–Trinajstić information content (AvgIpc) is 3.51. The van der Waals surface area contributed by atoms with E-state index in [-0.39, 0.29) is 17.5 Å². The van der Waals surface area contributed by atoms with Crippen LogP contribution in [0.5, 0.6) is 0 Å². The van der Waals surface area contributed by atoms with Crippen molar-refractivity contribution >= 4 is 23.3 Å². The third-order valence-corrected chi connectivity index (χ3v) is 8.67. The lowest BCUT2D eigenvalue weighted by Gasteiger charge is -2.35. The number of hydrogen-bond donors (Lipinski definition) is 1. The highest BCUT2D eigenvalue weighted by Gasteiger charge is 2.32. The summed E-state index contributed by atoms with van der Waals surface area (Å²) in [5.74, 6) is -1.20. The number of pyridine rings is 2. The number of halogens is 1. The summed E-state index contributed by atoms with van der Waals surface area (Å²) in [7, 11) is 0. The number of carbonyl (C=O) groups is 2. The molecule has 1 N–H and O–H groups in total. The van der Waals surface area contributed by atoms with Crippen LogP contribution in [0.4, 0.5) is 10.2 Å². The SMILES string of the molecule is C[C@@H]1c2ccccc2CCN1C(=O)c1cc(C2CC2)c2nc(-c3ccc(N4CC[C@H](C(=O)O)C4)nc3F)cn2c1. The van der Waals surface area contributed by atoms with Crippen LogP contribution < -0.4 is 4.90 Å². The molecule has 1 amide bonds. The number of anilines is 1. The van der Waals surface area contributed by atoms with E-state index in [9.17, 15) is 14.7 Å². The Morgan fingerprint density at radius 3 is 2.58 bits per heavy atom. The first kappa shape index (κ1) is 24.7. The van der Waals surface area contributed by atoms with Gasteiger partial charge in [-0.3, -0.25) is 9.59 Å². The lowest BCUT2D eigenvalue weighted by Crippen LogP contribution is -2.39. The van der Waals surface area contributed by atoms with Crippen LogP contribution in [-0.4, -0.2) is 55.9 Å². The van der Waals surface area contributed by atoms with Gasteiger partial charge in [0, 0.05) is 32.0 Å². The highest BCUT2D eigenvalue weighted by Crippen LogP contribution is 2.43. The Labute approximate surface area is 231 Å². The van der Waals surface area contributed by atoms with Crippen LogP contribution in [0.2, 0.25) is 0 Å². The van der Waals surface area contributed by atoms with Gasteiger partial charge in [-0.2, -0.15) is 4.39 Å². The molecule has 1 saturated heterocycles. The molecule has 3 aliphatic rings. The lowest BCUT2D eigenvalue weighted by atomic mass is 9.93. The van der Waals surface area contributed by atoms with E-state index in [4.69, 9.17) is 4.98 Å². The Morgan fingerprint density at radius 1 is 1.00 bits per heavy atom. The van der Waals surface area contributed by atoms with Crippen LogP contribution in [0.15, 0.2) is 54.9 Å². The summed E-state index contributed by atoms with van der Waals surface area (Å²) < 4.78 is 17.1. The number of imidazole rings is 1. The number of carboxylic acid groups (broad SMARTS) is 1.